The molecule has 2 atom stereocenters. The summed E-state index contributed by atoms with van der Waals surface area (Å²) in [4.78, 5) is 56.5. The monoisotopic (exact) mass is 710 g/mol. The fourth-order valence-corrected chi connectivity index (χ4v) is 8.05. The number of anilines is 5. The Morgan fingerprint density at radius 2 is 1.62 bits per heavy atom. The van der Waals surface area contributed by atoms with Gasteiger partial charge in [0.15, 0.2) is 11.5 Å². The van der Waals surface area contributed by atoms with Crippen molar-refractivity contribution in [3.05, 3.63) is 60.0 Å². The Labute approximate surface area is 304 Å². The molecule has 6 heterocycles. The second-order valence-corrected chi connectivity index (χ2v) is 14.7. The highest BCUT2D eigenvalue weighted by atomic mass is 16.3. The molecule has 1 aromatic carbocycles. The molecule has 6 N–H and O–H groups in total. The maximum atomic E-state index is 12.2. The van der Waals surface area contributed by atoms with Crippen molar-refractivity contribution in [2.24, 2.45) is 17.6 Å². The number of imide groups is 1. The molecule has 52 heavy (non-hydrogen) atoms. The largest absolute Gasteiger partial charge is 0.396 e. The van der Waals surface area contributed by atoms with Crippen LogP contribution >= 0.6 is 0 Å². The molecular formula is C38H50N10O4. The molecule has 7 rings (SSSR count). The summed E-state index contributed by atoms with van der Waals surface area (Å²) in [6, 6.07) is 12.0. The van der Waals surface area contributed by atoms with Gasteiger partial charge in [-0.1, -0.05) is 12.1 Å². The van der Waals surface area contributed by atoms with Crippen molar-refractivity contribution in [1.29, 1.82) is 0 Å². The summed E-state index contributed by atoms with van der Waals surface area (Å²) in [6.45, 7) is 6.95. The number of piperidine rings is 4. The van der Waals surface area contributed by atoms with Gasteiger partial charge in [0.05, 0.1) is 18.1 Å². The first-order chi connectivity index (χ1) is 25.3. The van der Waals surface area contributed by atoms with Gasteiger partial charge in [-0.3, -0.25) is 19.7 Å². The maximum absolute atomic E-state index is 12.2. The highest BCUT2D eigenvalue weighted by molar-refractivity contribution is 6.01. The molecule has 0 radical (unpaired) electrons. The number of pyridine rings is 1. The fraction of sp³-hybridized carbons (Fsp3) is 0.526. The summed E-state index contributed by atoms with van der Waals surface area (Å²) in [6.07, 6.45) is 10.7. The van der Waals surface area contributed by atoms with E-state index in [9.17, 15) is 19.5 Å². The molecule has 276 valence electrons. The lowest BCUT2D eigenvalue weighted by Gasteiger charge is -2.38. The zero-order valence-corrected chi connectivity index (χ0v) is 29.7. The van der Waals surface area contributed by atoms with Crippen LogP contribution in [0.5, 0.6) is 0 Å². The molecular weight excluding hydrogens is 660 g/mol. The highest BCUT2D eigenvalue weighted by Crippen LogP contribution is 2.32. The number of primary amides is 1. The maximum Gasteiger partial charge on any atom is 0.271 e. The number of carbonyl (C=O) groups is 3. The van der Waals surface area contributed by atoms with Gasteiger partial charge in [0, 0.05) is 51.4 Å². The molecule has 0 bridgehead atoms. The van der Waals surface area contributed by atoms with E-state index in [1.165, 1.54) is 5.56 Å². The third kappa shape index (κ3) is 8.61. The highest BCUT2D eigenvalue weighted by Gasteiger charge is 2.28. The van der Waals surface area contributed by atoms with E-state index in [1.54, 1.807) is 12.4 Å². The van der Waals surface area contributed by atoms with E-state index < -0.39 is 11.9 Å². The van der Waals surface area contributed by atoms with E-state index in [0.29, 0.717) is 42.9 Å². The topological polar surface area (TPSA) is 182 Å². The number of nitrogens with two attached hydrogens (primary N) is 1. The lowest BCUT2D eigenvalue weighted by molar-refractivity contribution is -0.133. The van der Waals surface area contributed by atoms with E-state index in [-0.39, 0.29) is 30.0 Å². The first-order valence-electron chi connectivity index (χ1n) is 18.7. The molecule has 0 aliphatic carbocycles. The summed E-state index contributed by atoms with van der Waals surface area (Å²) < 4.78 is 0. The number of hydrogen-bond donors (Lipinski definition) is 5. The van der Waals surface area contributed by atoms with Gasteiger partial charge in [-0.05, 0) is 106 Å². The summed E-state index contributed by atoms with van der Waals surface area (Å²) in [7, 11) is 0. The van der Waals surface area contributed by atoms with Gasteiger partial charge >= 0.3 is 0 Å². The molecule has 0 saturated carbocycles. The standard InChI is InChI=1S/C38H50N10O4/c39-36(51)35-37(44-33(21-41-35)48-15-1-2-26(23-48)24-49)43-29-5-3-27(4-6-29)28-13-16-46(17-14-28)22-25-11-18-47(19-12-25)32-9-7-30(20-40-32)42-31-8-10-34(50)45-38(31)52/h3-7,9,20-21,25-26,28,31,42,49H,1-2,8,10-19,22-24H2,(H2,39,51)(H,43,44)(H,45,50,52)/t26-,31?/m1/s1. The van der Waals surface area contributed by atoms with Crippen molar-refractivity contribution < 1.29 is 19.5 Å². The number of aliphatic hydroxyl groups is 1. The minimum Gasteiger partial charge on any atom is -0.396 e. The molecule has 4 fully saturated rings. The summed E-state index contributed by atoms with van der Waals surface area (Å²) >= 11 is 0. The van der Waals surface area contributed by atoms with Crippen molar-refractivity contribution in [2.75, 3.05) is 72.9 Å². The summed E-state index contributed by atoms with van der Waals surface area (Å²) in [5.41, 5.74) is 8.67. The lowest BCUT2D eigenvalue weighted by atomic mass is 9.88. The molecule has 2 aromatic heterocycles. The molecule has 3 aromatic rings. The molecule has 3 amide bonds. The second kappa shape index (κ2) is 16.2. The Morgan fingerprint density at radius 1 is 0.846 bits per heavy atom. The smallest absolute Gasteiger partial charge is 0.271 e. The number of likely N-dealkylation sites (tertiary alicyclic amines) is 1. The lowest BCUT2D eigenvalue weighted by Crippen LogP contribution is -2.47. The van der Waals surface area contributed by atoms with Crippen molar-refractivity contribution in [3.63, 3.8) is 0 Å². The minimum absolute atomic E-state index is 0.105. The van der Waals surface area contributed by atoms with Crippen LogP contribution in [0.25, 0.3) is 0 Å². The average molecular weight is 711 g/mol. The van der Waals surface area contributed by atoms with Crippen LogP contribution in [0, 0.1) is 11.8 Å². The third-order valence-corrected chi connectivity index (χ3v) is 11.1. The minimum atomic E-state index is -0.632. The van der Waals surface area contributed by atoms with E-state index in [2.05, 4.69) is 52.8 Å². The number of nitrogens with zero attached hydrogens (tertiary/aromatic N) is 6. The Hall–Kier alpha value is -4.82. The third-order valence-electron chi connectivity index (χ3n) is 11.1. The molecule has 1 unspecified atom stereocenters. The molecule has 4 aliphatic heterocycles. The number of rotatable bonds is 11. The fourth-order valence-electron chi connectivity index (χ4n) is 8.05. The van der Waals surface area contributed by atoms with E-state index in [0.717, 1.165) is 95.0 Å². The van der Waals surface area contributed by atoms with E-state index in [1.807, 2.05) is 24.3 Å². The zero-order chi connectivity index (χ0) is 36.0. The van der Waals surface area contributed by atoms with Crippen molar-refractivity contribution in [2.45, 2.75) is 63.3 Å². The summed E-state index contributed by atoms with van der Waals surface area (Å²) in [5, 5.41) is 18.5. The van der Waals surface area contributed by atoms with Gasteiger partial charge in [-0.2, -0.15) is 0 Å². The predicted octanol–water partition coefficient (Wildman–Crippen LogP) is 3.24. The number of aromatic nitrogens is 3. The van der Waals surface area contributed by atoms with Crippen LogP contribution in [0.15, 0.2) is 48.8 Å². The molecule has 4 saturated heterocycles. The van der Waals surface area contributed by atoms with Crippen LogP contribution in [0.4, 0.5) is 28.8 Å². The number of benzene rings is 1. The number of amides is 3. The Bertz CT molecular complexity index is 1710. The van der Waals surface area contributed by atoms with Crippen LogP contribution in [-0.2, 0) is 9.59 Å². The van der Waals surface area contributed by atoms with Gasteiger partial charge in [0.25, 0.3) is 5.91 Å². The van der Waals surface area contributed by atoms with Crippen LogP contribution < -0.4 is 31.5 Å². The van der Waals surface area contributed by atoms with Crippen LogP contribution in [0.3, 0.4) is 0 Å². The van der Waals surface area contributed by atoms with Crippen LogP contribution in [0.1, 0.15) is 73.3 Å². The zero-order valence-electron chi connectivity index (χ0n) is 29.7. The summed E-state index contributed by atoms with van der Waals surface area (Å²) in [5.74, 6) is 2.22. The number of hydrogen-bond acceptors (Lipinski definition) is 12. The average Bonchev–Trinajstić information content (AvgIpc) is 3.17. The van der Waals surface area contributed by atoms with Gasteiger partial charge in [-0.15, -0.1) is 0 Å². The van der Waals surface area contributed by atoms with Crippen LogP contribution in [0.2, 0.25) is 0 Å². The predicted molar refractivity (Wildman–Crippen MR) is 200 cm³/mol. The Balaban J connectivity index is 0.859. The second-order valence-electron chi connectivity index (χ2n) is 14.7. The van der Waals surface area contributed by atoms with Gasteiger partial charge < -0.3 is 36.2 Å². The Kier molecular flexibility index (Phi) is 11.1. The molecule has 0 spiro atoms. The van der Waals surface area contributed by atoms with Crippen molar-refractivity contribution >= 4 is 46.5 Å². The molecule has 14 nitrogen and oxygen atoms in total. The quantitative estimate of drug-likeness (QED) is 0.184. The molecule has 4 aliphatic rings. The normalized spacial score (nSPS) is 22.2. The van der Waals surface area contributed by atoms with Crippen molar-refractivity contribution in [1.82, 2.24) is 25.2 Å². The number of nitrogens with one attached hydrogen (secondary N) is 3. The van der Waals surface area contributed by atoms with Gasteiger partial charge in [-0.25, -0.2) is 15.0 Å². The van der Waals surface area contributed by atoms with Gasteiger partial charge in [0.1, 0.15) is 17.7 Å². The first kappa shape index (κ1) is 35.6. The Morgan fingerprint density at radius 3 is 2.31 bits per heavy atom. The van der Waals surface area contributed by atoms with E-state index in [4.69, 9.17) is 10.7 Å². The first-order valence-corrected chi connectivity index (χ1v) is 18.7. The van der Waals surface area contributed by atoms with Crippen molar-refractivity contribution in [3.8, 4) is 0 Å². The van der Waals surface area contributed by atoms with Crippen LogP contribution in [-0.4, -0.2) is 101 Å². The molecule has 14 heteroatoms. The number of carbonyl (C=O) groups excluding carboxylic acids is 3. The van der Waals surface area contributed by atoms with E-state index >= 15 is 0 Å². The number of aliphatic hydroxyl groups excluding tert-OH is 1. The van der Waals surface area contributed by atoms with Gasteiger partial charge in [0.2, 0.25) is 11.8 Å². The SMILES string of the molecule is NC(=O)c1ncc(N2CCC[C@@H](CO)C2)nc1Nc1ccc(C2CCN(CC3CCN(c4ccc(NC5CCC(=O)NC5=O)cn4)CC3)CC2)cc1.